The topological polar surface area (TPSA) is 30.9 Å². The molecule has 4 heteroatoms. The van der Waals surface area contributed by atoms with Crippen LogP contribution in [0.5, 0.6) is 0 Å². The molecule has 24 heavy (non-hydrogen) atoms. The molecule has 0 aromatic rings. The van der Waals surface area contributed by atoms with E-state index in [2.05, 4.69) is 25.7 Å². The molecule has 0 bridgehead atoms. The molecule has 0 aromatic carbocycles. The molecule has 2 aliphatic heterocycles. The summed E-state index contributed by atoms with van der Waals surface area (Å²) in [7, 11) is 0. The third kappa shape index (κ3) is 4.94. The number of hydrogen-bond donors (Lipinski definition) is 0. The average Bonchev–Trinajstić information content (AvgIpc) is 2.95. The molecule has 1 saturated carbocycles. The molecule has 1 unspecified atom stereocenters. The average molecular weight is 340 g/mol. The summed E-state index contributed by atoms with van der Waals surface area (Å²) >= 11 is 0. The number of morpholine rings is 1. The second-order valence-corrected chi connectivity index (χ2v) is 9.05. The standard InChI is InChI=1S/C20H37NO3/c1-19(2,3)17-7-9-20(10-8-17)23-16-18(24-20)6-4-5-11-21-12-14-22-15-13-21/h17-18H,4-16H2,1-3H3. The normalized spacial score (nSPS) is 35.6. The minimum atomic E-state index is -0.239. The van der Waals surface area contributed by atoms with Gasteiger partial charge >= 0.3 is 0 Å². The molecule has 2 heterocycles. The zero-order valence-corrected chi connectivity index (χ0v) is 16.0. The van der Waals surface area contributed by atoms with E-state index < -0.39 is 0 Å². The van der Waals surface area contributed by atoms with E-state index in [1.165, 1.54) is 32.2 Å². The Bertz CT molecular complexity index is 379. The summed E-state index contributed by atoms with van der Waals surface area (Å²) in [6, 6.07) is 0. The molecule has 0 amide bonds. The van der Waals surface area contributed by atoms with Crippen LogP contribution in [0.1, 0.15) is 65.7 Å². The first kappa shape index (κ1) is 18.6. The van der Waals surface area contributed by atoms with Gasteiger partial charge in [-0.05, 0) is 50.0 Å². The molecule has 3 aliphatic rings. The van der Waals surface area contributed by atoms with Gasteiger partial charge in [0, 0.05) is 25.9 Å². The highest BCUT2D eigenvalue weighted by Gasteiger charge is 2.45. The number of rotatable bonds is 5. The van der Waals surface area contributed by atoms with Crippen LogP contribution in [0, 0.1) is 11.3 Å². The molecule has 0 N–H and O–H groups in total. The van der Waals surface area contributed by atoms with Crippen LogP contribution in [0.4, 0.5) is 0 Å². The van der Waals surface area contributed by atoms with E-state index in [-0.39, 0.29) is 5.79 Å². The lowest BCUT2D eigenvalue weighted by Gasteiger charge is -2.41. The molecule has 1 aliphatic carbocycles. The van der Waals surface area contributed by atoms with Crippen molar-refractivity contribution in [2.24, 2.45) is 11.3 Å². The molecule has 3 fully saturated rings. The zero-order valence-electron chi connectivity index (χ0n) is 16.0. The monoisotopic (exact) mass is 339 g/mol. The zero-order chi connectivity index (χ0) is 17.0. The fourth-order valence-corrected chi connectivity index (χ4v) is 4.48. The van der Waals surface area contributed by atoms with Gasteiger partial charge in [-0.25, -0.2) is 0 Å². The molecule has 2 saturated heterocycles. The van der Waals surface area contributed by atoms with Crippen molar-refractivity contribution in [3.05, 3.63) is 0 Å². The van der Waals surface area contributed by atoms with E-state index >= 15 is 0 Å². The summed E-state index contributed by atoms with van der Waals surface area (Å²) in [5, 5.41) is 0. The Balaban J connectivity index is 1.32. The third-order valence-corrected chi connectivity index (χ3v) is 6.24. The Morgan fingerprint density at radius 2 is 1.75 bits per heavy atom. The van der Waals surface area contributed by atoms with Crippen molar-refractivity contribution >= 4 is 0 Å². The van der Waals surface area contributed by atoms with Gasteiger partial charge in [-0.1, -0.05) is 20.8 Å². The maximum atomic E-state index is 6.39. The Kier molecular flexibility index (Phi) is 6.23. The van der Waals surface area contributed by atoms with Crippen molar-refractivity contribution in [2.75, 3.05) is 39.5 Å². The van der Waals surface area contributed by atoms with Gasteiger partial charge in [0.15, 0.2) is 5.79 Å². The van der Waals surface area contributed by atoms with Crippen LogP contribution in [0.3, 0.4) is 0 Å². The van der Waals surface area contributed by atoms with E-state index in [0.29, 0.717) is 11.5 Å². The number of nitrogens with zero attached hydrogens (tertiary/aromatic N) is 1. The van der Waals surface area contributed by atoms with Gasteiger partial charge in [0.25, 0.3) is 0 Å². The highest BCUT2D eigenvalue weighted by atomic mass is 16.7. The molecule has 1 spiro atoms. The van der Waals surface area contributed by atoms with Crippen LogP contribution < -0.4 is 0 Å². The highest BCUT2D eigenvalue weighted by molar-refractivity contribution is 4.88. The number of ether oxygens (including phenoxy) is 3. The number of hydrogen-bond acceptors (Lipinski definition) is 4. The maximum Gasteiger partial charge on any atom is 0.168 e. The Labute approximate surface area is 148 Å². The molecule has 140 valence electrons. The van der Waals surface area contributed by atoms with Crippen molar-refractivity contribution in [2.45, 2.75) is 77.6 Å². The van der Waals surface area contributed by atoms with Crippen molar-refractivity contribution in [1.82, 2.24) is 4.90 Å². The lowest BCUT2D eigenvalue weighted by atomic mass is 9.71. The molecular weight excluding hydrogens is 302 g/mol. The molecule has 1 atom stereocenters. The van der Waals surface area contributed by atoms with Gasteiger partial charge in [-0.2, -0.15) is 0 Å². The van der Waals surface area contributed by atoms with Gasteiger partial charge in [0.1, 0.15) is 0 Å². The molecule has 0 aromatic heterocycles. The van der Waals surface area contributed by atoms with Gasteiger partial charge in [-0.15, -0.1) is 0 Å². The largest absolute Gasteiger partial charge is 0.379 e. The maximum absolute atomic E-state index is 6.39. The summed E-state index contributed by atoms with van der Waals surface area (Å²) in [6.07, 6.45) is 8.62. The van der Waals surface area contributed by atoms with E-state index in [9.17, 15) is 0 Å². The molecule has 4 nitrogen and oxygen atoms in total. The lowest BCUT2D eigenvalue weighted by Crippen LogP contribution is -2.38. The second-order valence-electron chi connectivity index (χ2n) is 9.05. The smallest absolute Gasteiger partial charge is 0.168 e. The van der Waals surface area contributed by atoms with Crippen LogP contribution in [0.25, 0.3) is 0 Å². The van der Waals surface area contributed by atoms with Crippen molar-refractivity contribution < 1.29 is 14.2 Å². The predicted octanol–water partition coefficient (Wildman–Crippen LogP) is 3.84. The SMILES string of the molecule is CC(C)(C)C1CCC2(CC1)OCC(CCCCN1CCOCC1)O2. The van der Waals surface area contributed by atoms with E-state index in [1.807, 2.05) is 0 Å². The first-order chi connectivity index (χ1) is 11.5. The summed E-state index contributed by atoms with van der Waals surface area (Å²) in [4.78, 5) is 2.52. The number of unbranched alkanes of at least 4 members (excludes halogenated alkanes) is 1. The van der Waals surface area contributed by atoms with Crippen LogP contribution in [-0.2, 0) is 14.2 Å². The minimum Gasteiger partial charge on any atom is -0.379 e. The Hall–Kier alpha value is -0.160. The summed E-state index contributed by atoms with van der Waals surface area (Å²) in [6.45, 7) is 13.1. The van der Waals surface area contributed by atoms with Crippen LogP contribution >= 0.6 is 0 Å². The minimum absolute atomic E-state index is 0.239. The highest BCUT2D eigenvalue weighted by Crippen LogP contribution is 2.45. The first-order valence-electron chi connectivity index (χ1n) is 10.1. The van der Waals surface area contributed by atoms with Gasteiger partial charge in [-0.3, -0.25) is 4.90 Å². The third-order valence-electron chi connectivity index (χ3n) is 6.24. The first-order valence-corrected chi connectivity index (χ1v) is 10.1. The van der Waals surface area contributed by atoms with Crippen LogP contribution in [0.2, 0.25) is 0 Å². The summed E-state index contributed by atoms with van der Waals surface area (Å²) in [5.41, 5.74) is 0.416. The Morgan fingerprint density at radius 3 is 2.42 bits per heavy atom. The van der Waals surface area contributed by atoms with Gasteiger partial charge < -0.3 is 14.2 Å². The molecular formula is C20H37NO3. The van der Waals surface area contributed by atoms with E-state index in [1.54, 1.807) is 0 Å². The van der Waals surface area contributed by atoms with E-state index in [0.717, 1.165) is 58.1 Å². The van der Waals surface area contributed by atoms with Crippen molar-refractivity contribution in [3.63, 3.8) is 0 Å². The fourth-order valence-electron chi connectivity index (χ4n) is 4.48. The van der Waals surface area contributed by atoms with Crippen LogP contribution in [-0.4, -0.2) is 56.2 Å². The fraction of sp³-hybridized carbons (Fsp3) is 1.00. The van der Waals surface area contributed by atoms with Gasteiger partial charge in [0.2, 0.25) is 0 Å². The quantitative estimate of drug-likeness (QED) is 0.712. The van der Waals surface area contributed by atoms with Crippen molar-refractivity contribution in [3.8, 4) is 0 Å². The molecule has 0 radical (unpaired) electrons. The summed E-state index contributed by atoms with van der Waals surface area (Å²) in [5.74, 6) is 0.569. The summed E-state index contributed by atoms with van der Waals surface area (Å²) < 4.78 is 17.9. The van der Waals surface area contributed by atoms with Crippen molar-refractivity contribution in [1.29, 1.82) is 0 Å². The predicted molar refractivity (Wildman–Crippen MR) is 96.1 cm³/mol. The molecule has 3 rings (SSSR count). The van der Waals surface area contributed by atoms with Gasteiger partial charge in [0.05, 0.1) is 25.9 Å². The lowest BCUT2D eigenvalue weighted by molar-refractivity contribution is -0.197. The second kappa shape index (κ2) is 8.03. The van der Waals surface area contributed by atoms with E-state index in [4.69, 9.17) is 14.2 Å². The van der Waals surface area contributed by atoms with Crippen LogP contribution in [0.15, 0.2) is 0 Å². The Morgan fingerprint density at radius 1 is 1.04 bits per heavy atom.